The average molecular weight is 446 g/mol. The summed E-state index contributed by atoms with van der Waals surface area (Å²) >= 11 is 0. The van der Waals surface area contributed by atoms with E-state index in [-0.39, 0.29) is 35.6 Å². The van der Waals surface area contributed by atoms with Crippen molar-refractivity contribution in [2.45, 2.75) is 37.5 Å². The standard InChI is InChI=1S/C22H24FN3O4S/c1-14-12-17(23)4-6-19(14)25-21(27)8-10-24-31(29,30)18-5-7-20-16(13-18)9-11-26(20)22(28)15-2-3-15/h4-7,12-13,15,24H,2-3,8-11H2,1H3,(H,25,27). The van der Waals surface area contributed by atoms with Gasteiger partial charge in [0.25, 0.3) is 0 Å². The first-order valence-electron chi connectivity index (χ1n) is 10.2. The zero-order valence-electron chi connectivity index (χ0n) is 17.2. The highest BCUT2D eigenvalue weighted by atomic mass is 32.2. The Bertz CT molecular complexity index is 1150. The number of benzene rings is 2. The summed E-state index contributed by atoms with van der Waals surface area (Å²) in [7, 11) is -3.79. The summed E-state index contributed by atoms with van der Waals surface area (Å²) in [4.78, 5) is 26.3. The van der Waals surface area contributed by atoms with E-state index in [0.717, 1.165) is 24.1 Å². The number of aryl methyl sites for hydroxylation is 1. The molecule has 2 amide bonds. The predicted molar refractivity (Wildman–Crippen MR) is 115 cm³/mol. The minimum absolute atomic E-state index is 0.0648. The molecule has 0 atom stereocenters. The van der Waals surface area contributed by atoms with Crippen LogP contribution in [0.2, 0.25) is 0 Å². The lowest BCUT2D eigenvalue weighted by atomic mass is 10.2. The Morgan fingerprint density at radius 2 is 1.94 bits per heavy atom. The first-order valence-corrected chi connectivity index (χ1v) is 11.7. The van der Waals surface area contributed by atoms with Gasteiger partial charge in [0.05, 0.1) is 4.90 Å². The number of carbonyl (C=O) groups is 2. The Labute approximate surface area is 180 Å². The molecule has 1 saturated carbocycles. The third kappa shape index (κ3) is 4.77. The Kier molecular flexibility index (Phi) is 5.81. The average Bonchev–Trinajstić information content (AvgIpc) is 3.48. The highest BCUT2D eigenvalue weighted by Gasteiger charge is 2.36. The van der Waals surface area contributed by atoms with Crippen molar-refractivity contribution in [3.8, 4) is 0 Å². The topological polar surface area (TPSA) is 95.6 Å². The molecule has 0 spiro atoms. The van der Waals surface area contributed by atoms with E-state index in [4.69, 9.17) is 0 Å². The van der Waals surface area contributed by atoms with Gasteiger partial charge in [-0.05, 0) is 73.7 Å². The maximum Gasteiger partial charge on any atom is 0.240 e. The van der Waals surface area contributed by atoms with E-state index in [1.807, 2.05) is 0 Å². The number of amides is 2. The number of fused-ring (bicyclic) bond motifs is 1. The van der Waals surface area contributed by atoms with Crippen LogP contribution in [0, 0.1) is 18.7 Å². The summed E-state index contributed by atoms with van der Waals surface area (Å²) in [5.41, 5.74) is 2.69. The summed E-state index contributed by atoms with van der Waals surface area (Å²) in [6, 6.07) is 8.79. The molecular formula is C22H24FN3O4S. The van der Waals surface area contributed by atoms with Crippen LogP contribution in [0.3, 0.4) is 0 Å². The molecule has 2 aromatic carbocycles. The van der Waals surface area contributed by atoms with Crippen LogP contribution in [-0.4, -0.2) is 33.3 Å². The number of hydrogen-bond acceptors (Lipinski definition) is 4. The van der Waals surface area contributed by atoms with E-state index in [1.165, 1.54) is 24.3 Å². The predicted octanol–water partition coefficient (Wildman–Crippen LogP) is 2.74. The number of nitrogens with one attached hydrogen (secondary N) is 2. The zero-order valence-corrected chi connectivity index (χ0v) is 18.0. The summed E-state index contributed by atoms with van der Waals surface area (Å²) in [6.45, 7) is 2.18. The molecule has 2 aliphatic rings. The molecule has 1 aliphatic heterocycles. The molecule has 0 unspecified atom stereocenters. The van der Waals surface area contributed by atoms with Gasteiger partial charge in [-0.25, -0.2) is 17.5 Å². The molecule has 0 bridgehead atoms. The van der Waals surface area contributed by atoms with Gasteiger partial charge in [0, 0.05) is 36.8 Å². The first kappa shape index (κ1) is 21.5. The van der Waals surface area contributed by atoms with Crippen molar-refractivity contribution in [2.75, 3.05) is 23.3 Å². The number of halogens is 1. The molecule has 0 aromatic heterocycles. The monoisotopic (exact) mass is 445 g/mol. The Balaban J connectivity index is 1.35. The third-order valence-corrected chi connectivity index (χ3v) is 7.01. The van der Waals surface area contributed by atoms with Gasteiger partial charge in [-0.15, -0.1) is 0 Å². The minimum atomic E-state index is -3.79. The second-order valence-corrected chi connectivity index (χ2v) is 9.73. The van der Waals surface area contributed by atoms with Crippen LogP contribution in [0.25, 0.3) is 0 Å². The molecule has 1 aliphatic carbocycles. The molecule has 4 rings (SSSR count). The van der Waals surface area contributed by atoms with Gasteiger partial charge in [-0.3, -0.25) is 9.59 Å². The summed E-state index contributed by atoms with van der Waals surface area (Å²) < 4.78 is 40.9. The van der Waals surface area contributed by atoms with Crippen molar-refractivity contribution in [1.29, 1.82) is 0 Å². The zero-order chi connectivity index (χ0) is 22.2. The van der Waals surface area contributed by atoms with Crippen molar-refractivity contribution in [2.24, 2.45) is 5.92 Å². The van der Waals surface area contributed by atoms with E-state index in [9.17, 15) is 22.4 Å². The first-order chi connectivity index (χ1) is 14.7. The number of sulfonamides is 1. The summed E-state index contributed by atoms with van der Waals surface area (Å²) in [6.07, 6.45) is 2.41. The van der Waals surface area contributed by atoms with E-state index < -0.39 is 15.8 Å². The molecule has 164 valence electrons. The van der Waals surface area contributed by atoms with Crippen LogP contribution < -0.4 is 14.9 Å². The van der Waals surface area contributed by atoms with E-state index in [0.29, 0.717) is 24.2 Å². The molecule has 0 saturated heterocycles. The quantitative estimate of drug-likeness (QED) is 0.685. The molecule has 31 heavy (non-hydrogen) atoms. The SMILES string of the molecule is Cc1cc(F)ccc1NC(=O)CCNS(=O)(=O)c1ccc2c(c1)CCN2C(=O)C1CC1. The molecule has 0 radical (unpaired) electrons. The normalized spacial score (nSPS) is 15.6. The van der Waals surface area contributed by atoms with Crippen molar-refractivity contribution >= 4 is 33.2 Å². The number of nitrogens with zero attached hydrogens (tertiary/aromatic N) is 1. The van der Waals surface area contributed by atoms with Gasteiger partial charge in [0.15, 0.2) is 0 Å². The molecule has 1 heterocycles. The molecule has 9 heteroatoms. The highest BCUT2D eigenvalue weighted by Crippen LogP contribution is 2.37. The number of rotatable bonds is 7. The third-order valence-electron chi connectivity index (χ3n) is 5.56. The van der Waals surface area contributed by atoms with Gasteiger partial charge >= 0.3 is 0 Å². The fourth-order valence-corrected chi connectivity index (χ4v) is 4.77. The summed E-state index contributed by atoms with van der Waals surface area (Å²) in [5, 5.41) is 2.65. The highest BCUT2D eigenvalue weighted by molar-refractivity contribution is 7.89. The van der Waals surface area contributed by atoms with Crippen LogP contribution in [0.1, 0.15) is 30.4 Å². The van der Waals surface area contributed by atoms with Crippen LogP contribution in [0.5, 0.6) is 0 Å². The van der Waals surface area contributed by atoms with Crippen molar-refractivity contribution in [3.63, 3.8) is 0 Å². The van der Waals surface area contributed by atoms with E-state index >= 15 is 0 Å². The molecule has 2 aromatic rings. The van der Waals surface area contributed by atoms with Crippen LogP contribution in [0.15, 0.2) is 41.3 Å². The Morgan fingerprint density at radius 1 is 1.16 bits per heavy atom. The smallest absolute Gasteiger partial charge is 0.240 e. The van der Waals surface area contributed by atoms with E-state index in [1.54, 1.807) is 24.0 Å². The number of hydrogen-bond donors (Lipinski definition) is 2. The Hall–Kier alpha value is -2.78. The Morgan fingerprint density at radius 3 is 2.65 bits per heavy atom. The van der Waals surface area contributed by atoms with Crippen molar-refractivity contribution in [3.05, 3.63) is 53.3 Å². The van der Waals surface area contributed by atoms with Gasteiger partial charge in [-0.2, -0.15) is 0 Å². The lowest BCUT2D eigenvalue weighted by Gasteiger charge is -2.17. The lowest BCUT2D eigenvalue weighted by Crippen LogP contribution is -2.30. The maximum atomic E-state index is 13.2. The minimum Gasteiger partial charge on any atom is -0.326 e. The van der Waals surface area contributed by atoms with Crippen LogP contribution in [0.4, 0.5) is 15.8 Å². The number of anilines is 2. The fraction of sp³-hybridized carbons (Fsp3) is 0.364. The van der Waals surface area contributed by atoms with Crippen LogP contribution in [-0.2, 0) is 26.0 Å². The molecule has 1 fully saturated rings. The van der Waals surface area contributed by atoms with Gasteiger partial charge in [0.2, 0.25) is 21.8 Å². The lowest BCUT2D eigenvalue weighted by molar-refractivity contribution is -0.119. The van der Waals surface area contributed by atoms with Crippen molar-refractivity contribution < 1.29 is 22.4 Å². The molecule has 7 nitrogen and oxygen atoms in total. The van der Waals surface area contributed by atoms with Gasteiger partial charge in [-0.1, -0.05) is 0 Å². The second kappa shape index (κ2) is 8.39. The second-order valence-electron chi connectivity index (χ2n) is 7.96. The van der Waals surface area contributed by atoms with Crippen molar-refractivity contribution in [1.82, 2.24) is 4.72 Å². The molecule has 2 N–H and O–H groups in total. The maximum absolute atomic E-state index is 13.2. The number of carbonyl (C=O) groups excluding carboxylic acids is 2. The molecular weight excluding hydrogens is 421 g/mol. The fourth-order valence-electron chi connectivity index (χ4n) is 3.69. The van der Waals surface area contributed by atoms with Gasteiger partial charge < -0.3 is 10.2 Å². The largest absolute Gasteiger partial charge is 0.326 e. The summed E-state index contributed by atoms with van der Waals surface area (Å²) in [5.74, 6) is -0.533. The van der Waals surface area contributed by atoms with E-state index in [2.05, 4.69) is 10.0 Å². The van der Waals surface area contributed by atoms with Crippen LogP contribution >= 0.6 is 0 Å². The van der Waals surface area contributed by atoms with Gasteiger partial charge in [0.1, 0.15) is 5.82 Å².